The standard InChI is InChI=1S/C9H14N2O2/c1-8(4-6-13-11-12)7-9-3-2-5-10-9/h7H,2-6H2,1H3. The SMILES string of the molecule is CC(=CC1=NCCC1)CCON=O. The smallest absolute Gasteiger partial charge is 0.155 e. The molecule has 0 saturated carbocycles. The van der Waals surface area contributed by atoms with Gasteiger partial charge in [-0.1, -0.05) is 5.57 Å². The third-order valence-corrected chi connectivity index (χ3v) is 1.96. The summed E-state index contributed by atoms with van der Waals surface area (Å²) in [7, 11) is 0. The summed E-state index contributed by atoms with van der Waals surface area (Å²) in [4.78, 5) is 18.3. The lowest BCUT2D eigenvalue weighted by Crippen LogP contribution is -1.92. The predicted octanol–water partition coefficient (Wildman–Crippen LogP) is 2.26. The van der Waals surface area contributed by atoms with E-state index in [4.69, 9.17) is 0 Å². The van der Waals surface area contributed by atoms with E-state index in [1.165, 1.54) is 5.57 Å². The van der Waals surface area contributed by atoms with Crippen LogP contribution in [-0.4, -0.2) is 18.9 Å². The van der Waals surface area contributed by atoms with Gasteiger partial charge in [-0.05, 0) is 25.8 Å². The molecule has 0 radical (unpaired) electrons. The molecular formula is C9H14N2O2. The molecule has 1 heterocycles. The Bertz CT molecular complexity index is 234. The third kappa shape index (κ3) is 3.83. The topological polar surface area (TPSA) is 51.0 Å². The van der Waals surface area contributed by atoms with Gasteiger partial charge in [-0.3, -0.25) is 4.99 Å². The number of nitrogens with zero attached hydrogens (tertiary/aromatic N) is 2. The molecule has 0 aromatic rings. The second-order valence-corrected chi connectivity index (χ2v) is 3.13. The van der Waals surface area contributed by atoms with Crippen LogP contribution < -0.4 is 0 Å². The molecular weight excluding hydrogens is 168 g/mol. The summed E-state index contributed by atoms with van der Waals surface area (Å²) in [5, 5.41) is 2.33. The molecule has 0 atom stereocenters. The molecule has 0 aliphatic carbocycles. The fourth-order valence-corrected chi connectivity index (χ4v) is 1.28. The van der Waals surface area contributed by atoms with Gasteiger partial charge in [0.1, 0.15) is 6.61 Å². The van der Waals surface area contributed by atoms with E-state index in [0.717, 1.165) is 31.5 Å². The van der Waals surface area contributed by atoms with E-state index in [-0.39, 0.29) is 0 Å². The lowest BCUT2D eigenvalue weighted by Gasteiger charge is -1.98. The minimum atomic E-state index is 0.360. The molecule has 0 spiro atoms. The molecule has 0 aromatic heterocycles. The van der Waals surface area contributed by atoms with Gasteiger partial charge < -0.3 is 4.84 Å². The van der Waals surface area contributed by atoms with Crippen LogP contribution in [0.1, 0.15) is 26.2 Å². The van der Waals surface area contributed by atoms with Crippen LogP contribution in [0.15, 0.2) is 22.0 Å². The van der Waals surface area contributed by atoms with Gasteiger partial charge in [0.25, 0.3) is 0 Å². The van der Waals surface area contributed by atoms with Gasteiger partial charge in [0.2, 0.25) is 0 Å². The number of hydrogen-bond acceptors (Lipinski definition) is 4. The first kappa shape index (κ1) is 9.89. The van der Waals surface area contributed by atoms with Gasteiger partial charge >= 0.3 is 0 Å². The van der Waals surface area contributed by atoms with Crippen molar-refractivity contribution in [2.75, 3.05) is 13.2 Å². The third-order valence-electron chi connectivity index (χ3n) is 1.96. The molecule has 0 bridgehead atoms. The average molecular weight is 182 g/mol. The van der Waals surface area contributed by atoms with E-state index in [1.807, 2.05) is 6.92 Å². The Labute approximate surface area is 77.6 Å². The first-order chi connectivity index (χ1) is 6.33. The zero-order valence-electron chi connectivity index (χ0n) is 7.82. The minimum Gasteiger partial charge on any atom is -0.364 e. The van der Waals surface area contributed by atoms with Crippen molar-refractivity contribution in [1.29, 1.82) is 0 Å². The van der Waals surface area contributed by atoms with Crippen molar-refractivity contribution in [3.8, 4) is 0 Å². The number of allylic oxidation sites excluding steroid dienone is 1. The summed E-state index contributed by atoms with van der Waals surface area (Å²) in [6, 6.07) is 0. The van der Waals surface area contributed by atoms with Crippen molar-refractivity contribution in [2.45, 2.75) is 26.2 Å². The Hall–Kier alpha value is -1.19. The van der Waals surface area contributed by atoms with Gasteiger partial charge in [0.15, 0.2) is 5.34 Å². The van der Waals surface area contributed by atoms with Gasteiger partial charge in [0, 0.05) is 18.7 Å². The zero-order chi connectivity index (χ0) is 9.52. The Morgan fingerprint density at radius 2 is 2.62 bits per heavy atom. The number of aliphatic imine (C=N–C) groups is 1. The van der Waals surface area contributed by atoms with Crippen LogP contribution in [-0.2, 0) is 4.84 Å². The molecule has 0 saturated heterocycles. The first-order valence-electron chi connectivity index (χ1n) is 4.48. The van der Waals surface area contributed by atoms with E-state index < -0.39 is 0 Å². The lowest BCUT2D eigenvalue weighted by molar-refractivity contribution is 0.143. The van der Waals surface area contributed by atoms with Crippen LogP contribution in [0.3, 0.4) is 0 Å². The molecule has 0 fully saturated rings. The highest BCUT2D eigenvalue weighted by atomic mass is 16.7. The lowest BCUT2D eigenvalue weighted by atomic mass is 10.1. The maximum Gasteiger partial charge on any atom is 0.155 e. The molecule has 72 valence electrons. The Morgan fingerprint density at radius 1 is 1.77 bits per heavy atom. The maximum absolute atomic E-state index is 9.62. The summed E-state index contributed by atoms with van der Waals surface area (Å²) in [5.41, 5.74) is 2.35. The van der Waals surface area contributed by atoms with E-state index in [1.54, 1.807) is 0 Å². The summed E-state index contributed by atoms with van der Waals surface area (Å²) in [5.74, 6) is 0. The minimum absolute atomic E-state index is 0.360. The van der Waals surface area contributed by atoms with Crippen molar-refractivity contribution in [3.05, 3.63) is 16.6 Å². The van der Waals surface area contributed by atoms with Crippen LogP contribution in [0.4, 0.5) is 0 Å². The van der Waals surface area contributed by atoms with E-state index in [0.29, 0.717) is 6.61 Å². The number of rotatable bonds is 5. The molecule has 0 N–H and O–H groups in total. The molecule has 1 aliphatic rings. The van der Waals surface area contributed by atoms with Crippen LogP contribution >= 0.6 is 0 Å². The predicted molar refractivity (Wildman–Crippen MR) is 51.7 cm³/mol. The Morgan fingerprint density at radius 3 is 3.23 bits per heavy atom. The Balaban J connectivity index is 2.28. The fraction of sp³-hybridized carbons (Fsp3) is 0.667. The van der Waals surface area contributed by atoms with Crippen molar-refractivity contribution in [3.63, 3.8) is 0 Å². The molecule has 13 heavy (non-hydrogen) atoms. The highest BCUT2D eigenvalue weighted by molar-refractivity contribution is 5.96. The van der Waals surface area contributed by atoms with Crippen molar-refractivity contribution in [1.82, 2.24) is 0 Å². The molecule has 1 rings (SSSR count). The highest BCUT2D eigenvalue weighted by Crippen LogP contribution is 2.09. The van der Waals surface area contributed by atoms with Crippen molar-refractivity contribution >= 4 is 5.71 Å². The quantitative estimate of drug-likeness (QED) is 0.372. The second kappa shape index (κ2) is 5.45. The first-order valence-corrected chi connectivity index (χ1v) is 4.48. The van der Waals surface area contributed by atoms with Crippen LogP contribution in [0, 0.1) is 4.91 Å². The molecule has 0 amide bonds. The second-order valence-electron chi connectivity index (χ2n) is 3.13. The molecule has 4 nitrogen and oxygen atoms in total. The summed E-state index contributed by atoms with van der Waals surface area (Å²) < 4.78 is 0. The van der Waals surface area contributed by atoms with E-state index >= 15 is 0 Å². The van der Waals surface area contributed by atoms with Crippen LogP contribution in [0.5, 0.6) is 0 Å². The average Bonchev–Trinajstić information content (AvgIpc) is 2.57. The molecule has 4 heteroatoms. The van der Waals surface area contributed by atoms with Gasteiger partial charge in [-0.2, -0.15) is 0 Å². The van der Waals surface area contributed by atoms with Crippen molar-refractivity contribution in [2.24, 2.45) is 10.3 Å². The molecule has 1 aliphatic heterocycles. The van der Waals surface area contributed by atoms with Gasteiger partial charge in [-0.25, -0.2) is 0 Å². The van der Waals surface area contributed by atoms with E-state index in [2.05, 4.69) is 21.2 Å². The number of hydrogen-bond donors (Lipinski definition) is 0. The van der Waals surface area contributed by atoms with Gasteiger partial charge in [0.05, 0.1) is 0 Å². The molecule has 0 aromatic carbocycles. The highest BCUT2D eigenvalue weighted by Gasteiger charge is 2.03. The maximum atomic E-state index is 9.62. The normalized spacial score (nSPS) is 17.0. The monoisotopic (exact) mass is 182 g/mol. The summed E-state index contributed by atoms with van der Waals surface area (Å²) >= 11 is 0. The summed E-state index contributed by atoms with van der Waals surface area (Å²) in [6.07, 6.45) is 5.04. The fourth-order valence-electron chi connectivity index (χ4n) is 1.28. The largest absolute Gasteiger partial charge is 0.364 e. The molecule has 0 unspecified atom stereocenters. The zero-order valence-corrected chi connectivity index (χ0v) is 7.82. The van der Waals surface area contributed by atoms with Gasteiger partial charge in [-0.15, -0.1) is 4.91 Å². The van der Waals surface area contributed by atoms with Crippen LogP contribution in [0.25, 0.3) is 0 Å². The van der Waals surface area contributed by atoms with Crippen molar-refractivity contribution < 1.29 is 4.84 Å². The van der Waals surface area contributed by atoms with E-state index in [9.17, 15) is 4.91 Å². The summed E-state index contributed by atoms with van der Waals surface area (Å²) in [6.45, 7) is 3.32. The Kier molecular flexibility index (Phi) is 4.15. The van der Waals surface area contributed by atoms with Crippen LogP contribution in [0.2, 0.25) is 0 Å².